The van der Waals surface area contributed by atoms with Crippen LogP contribution in [0.2, 0.25) is 0 Å². The average Bonchev–Trinajstić information content (AvgIpc) is 2.58. The first-order chi connectivity index (χ1) is 7.09. The predicted octanol–water partition coefficient (Wildman–Crippen LogP) is 1.03. The van der Waals surface area contributed by atoms with Crippen molar-refractivity contribution in [2.24, 2.45) is 5.92 Å². The molecule has 2 unspecified atom stereocenters. The van der Waals surface area contributed by atoms with Gasteiger partial charge in [-0.2, -0.15) is 0 Å². The van der Waals surface area contributed by atoms with Crippen molar-refractivity contribution in [2.75, 3.05) is 40.8 Å². The van der Waals surface area contributed by atoms with Gasteiger partial charge in [-0.1, -0.05) is 6.42 Å². The number of aliphatic hydroxyl groups excluding tert-OH is 1. The first-order valence-electron chi connectivity index (χ1n) is 6.11. The lowest BCUT2D eigenvalue weighted by molar-refractivity contribution is 0.120. The molecule has 0 heterocycles. The van der Waals surface area contributed by atoms with Gasteiger partial charge in [0.2, 0.25) is 0 Å². The molecule has 0 aromatic carbocycles. The van der Waals surface area contributed by atoms with Crippen LogP contribution < -0.4 is 0 Å². The predicted molar refractivity (Wildman–Crippen MR) is 64.0 cm³/mol. The first-order valence-corrected chi connectivity index (χ1v) is 6.11. The normalized spacial score (nSPS) is 26.8. The fourth-order valence-corrected chi connectivity index (χ4v) is 2.22. The number of aliphatic hydroxyl groups is 1. The van der Waals surface area contributed by atoms with Crippen molar-refractivity contribution in [3.05, 3.63) is 0 Å². The molecule has 1 aliphatic rings. The molecule has 0 amide bonds. The summed E-state index contributed by atoms with van der Waals surface area (Å²) >= 11 is 0. The Morgan fingerprint density at radius 2 is 1.80 bits per heavy atom. The molecule has 0 aromatic rings. The van der Waals surface area contributed by atoms with E-state index in [1.807, 2.05) is 0 Å². The molecule has 1 fully saturated rings. The topological polar surface area (TPSA) is 26.7 Å². The molecular formula is C12H26N2O. The summed E-state index contributed by atoms with van der Waals surface area (Å²) in [6.07, 6.45) is 4.60. The Hall–Kier alpha value is -0.120. The Kier molecular flexibility index (Phi) is 5.58. The molecule has 0 bridgehead atoms. The smallest absolute Gasteiger partial charge is 0.0568 e. The van der Waals surface area contributed by atoms with E-state index in [1.165, 1.54) is 12.8 Å². The van der Waals surface area contributed by atoms with Crippen molar-refractivity contribution < 1.29 is 5.11 Å². The fraction of sp³-hybridized carbons (Fsp3) is 1.00. The molecule has 0 saturated heterocycles. The Bertz CT molecular complexity index is 173. The third-order valence-electron chi connectivity index (χ3n) is 3.43. The van der Waals surface area contributed by atoms with Gasteiger partial charge in [0.1, 0.15) is 0 Å². The summed E-state index contributed by atoms with van der Waals surface area (Å²) in [6, 6.07) is 0. The second-order valence-electron chi connectivity index (χ2n) is 5.15. The van der Waals surface area contributed by atoms with E-state index in [1.54, 1.807) is 0 Å². The van der Waals surface area contributed by atoms with E-state index in [0.29, 0.717) is 5.92 Å². The van der Waals surface area contributed by atoms with E-state index >= 15 is 0 Å². The van der Waals surface area contributed by atoms with Gasteiger partial charge in [0.15, 0.2) is 0 Å². The van der Waals surface area contributed by atoms with Gasteiger partial charge in [-0.05, 0) is 52.9 Å². The SMILES string of the molecule is CN(C)CCN(C)CCC1CCCC1O. The molecule has 3 heteroatoms. The number of hydrogen-bond acceptors (Lipinski definition) is 3. The maximum atomic E-state index is 9.69. The van der Waals surface area contributed by atoms with Crippen LogP contribution in [0.3, 0.4) is 0 Å². The largest absolute Gasteiger partial charge is 0.393 e. The van der Waals surface area contributed by atoms with Crippen molar-refractivity contribution in [2.45, 2.75) is 31.8 Å². The van der Waals surface area contributed by atoms with Crippen LogP contribution in [0.15, 0.2) is 0 Å². The molecule has 15 heavy (non-hydrogen) atoms. The molecule has 2 atom stereocenters. The van der Waals surface area contributed by atoms with Crippen LogP contribution in [0.4, 0.5) is 0 Å². The zero-order valence-electron chi connectivity index (χ0n) is 10.4. The summed E-state index contributed by atoms with van der Waals surface area (Å²) in [7, 11) is 6.38. The van der Waals surface area contributed by atoms with Crippen molar-refractivity contribution in [3.63, 3.8) is 0 Å². The second kappa shape index (κ2) is 6.46. The van der Waals surface area contributed by atoms with Gasteiger partial charge >= 0.3 is 0 Å². The van der Waals surface area contributed by atoms with E-state index in [4.69, 9.17) is 0 Å². The molecule has 1 aliphatic carbocycles. The summed E-state index contributed by atoms with van der Waals surface area (Å²) in [5, 5.41) is 9.69. The van der Waals surface area contributed by atoms with Crippen LogP contribution in [-0.4, -0.2) is 61.8 Å². The molecule has 3 nitrogen and oxygen atoms in total. The zero-order valence-corrected chi connectivity index (χ0v) is 10.4. The molecule has 0 spiro atoms. The van der Waals surface area contributed by atoms with E-state index in [0.717, 1.165) is 32.5 Å². The summed E-state index contributed by atoms with van der Waals surface area (Å²) < 4.78 is 0. The Balaban J connectivity index is 2.08. The minimum Gasteiger partial charge on any atom is -0.393 e. The zero-order chi connectivity index (χ0) is 11.3. The lowest BCUT2D eigenvalue weighted by atomic mass is 10.0. The van der Waals surface area contributed by atoms with Crippen molar-refractivity contribution in [1.82, 2.24) is 9.80 Å². The minimum atomic E-state index is -0.0211. The van der Waals surface area contributed by atoms with Gasteiger partial charge in [0, 0.05) is 13.1 Å². The Morgan fingerprint density at radius 3 is 2.33 bits per heavy atom. The third kappa shape index (κ3) is 4.96. The second-order valence-corrected chi connectivity index (χ2v) is 5.15. The molecule has 0 aliphatic heterocycles. The maximum absolute atomic E-state index is 9.69. The first kappa shape index (κ1) is 12.9. The lowest BCUT2D eigenvalue weighted by Gasteiger charge is -2.22. The minimum absolute atomic E-state index is 0.0211. The molecule has 90 valence electrons. The van der Waals surface area contributed by atoms with Gasteiger partial charge < -0.3 is 14.9 Å². The Morgan fingerprint density at radius 1 is 1.07 bits per heavy atom. The monoisotopic (exact) mass is 214 g/mol. The number of likely N-dealkylation sites (N-methyl/N-ethyl adjacent to an activating group) is 2. The summed E-state index contributed by atoms with van der Waals surface area (Å²) in [6.45, 7) is 3.36. The number of nitrogens with zero attached hydrogens (tertiary/aromatic N) is 2. The highest BCUT2D eigenvalue weighted by atomic mass is 16.3. The fourth-order valence-electron chi connectivity index (χ4n) is 2.22. The van der Waals surface area contributed by atoms with Crippen LogP contribution in [0, 0.1) is 5.92 Å². The number of hydrogen-bond donors (Lipinski definition) is 1. The summed E-state index contributed by atoms with van der Waals surface area (Å²) in [5.74, 6) is 0.562. The highest BCUT2D eigenvalue weighted by Gasteiger charge is 2.24. The number of rotatable bonds is 6. The molecule has 1 saturated carbocycles. The molecule has 1 N–H and O–H groups in total. The highest BCUT2D eigenvalue weighted by Crippen LogP contribution is 2.28. The van der Waals surface area contributed by atoms with Crippen LogP contribution >= 0.6 is 0 Å². The van der Waals surface area contributed by atoms with E-state index < -0.39 is 0 Å². The standard InChI is InChI=1S/C12H26N2O/c1-13(2)9-10-14(3)8-7-11-5-4-6-12(11)15/h11-12,15H,4-10H2,1-3H3. The van der Waals surface area contributed by atoms with E-state index in [2.05, 4.69) is 30.9 Å². The molecule has 0 radical (unpaired) electrons. The maximum Gasteiger partial charge on any atom is 0.0568 e. The van der Waals surface area contributed by atoms with Crippen LogP contribution in [0.25, 0.3) is 0 Å². The van der Waals surface area contributed by atoms with Gasteiger partial charge in [0.05, 0.1) is 6.10 Å². The van der Waals surface area contributed by atoms with Crippen LogP contribution in [0.5, 0.6) is 0 Å². The molecular weight excluding hydrogens is 188 g/mol. The lowest BCUT2D eigenvalue weighted by Crippen LogP contribution is -2.31. The highest BCUT2D eigenvalue weighted by molar-refractivity contribution is 4.77. The van der Waals surface area contributed by atoms with E-state index in [-0.39, 0.29) is 6.10 Å². The quantitative estimate of drug-likeness (QED) is 0.715. The summed E-state index contributed by atoms with van der Waals surface area (Å²) in [4.78, 5) is 4.58. The van der Waals surface area contributed by atoms with Gasteiger partial charge in [-0.3, -0.25) is 0 Å². The Labute approximate surface area is 94.1 Å². The van der Waals surface area contributed by atoms with Crippen LogP contribution in [-0.2, 0) is 0 Å². The van der Waals surface area contributed by atoms with E-state index in [9.17, 15) is 5.11 Å². The van der Waals surface area contributed by atoms with Gasteiger partial charge in [-0.15, -0.1) is 0 Å². The van der Waals surface area contributed by atoms with Crippen LogP contribution in [0.1, 0.15) is 25.7 Å². The van der Waals surface area contributed by atoms with Crippen molar-refractivity contribution in [1.29, 1.82) is 0 Å². The van der Waals surface area contributed by atoms with Gasteiger partial charge in [-0.25, -0.2) is 0 Å². The van der Waals surface area contributed by atoms with Gasteiger partial charge in [0.25, 0.3) is 0 Å². The average molecular weight is 214 g/mol. The van der Waals surface area contributed by atoms with Crippen molar-refractivity contribution in [3.8, 4) is 0 Å². The molecule has 1 rings (SSSR count). The van der Waals surface area contributed by atoms with Crippen molar-refractivity contribution >= 4 is 0 Å². The third-order valence-corrected chi connectivity index (χ3v) is 3.43. The molecule has 0 aromatic heterocycles. The summed E-state index contributed by atoms with van der Waals surface area (Å²) in [5.41, 5.74) is 0.